The Labute approximate surface area is 115 Å². The monoisotopic (exact) mass is 276 g/mol. The highest BCUT2D eigenvalue weighted by molar-refractivity contribution is 6.30. The number of hydrogen-bond donors (Lipinski definition) is 2. The predicted octanol–water partition coefficient (Wildman–Crippen LogP) is 2.80. The van der Waals surface area contributed by atoms with E-state index < -0.39 is 0 Å². The van der Waals surface area contributed by atoms with E-state index in [1.165, 1.54) is 19.2 Å². The summed E-state index contributed by atoms with van der Waals surface area (Å²) in [6.45, 7) is 1.84. The smallest absolute Gasteiger partial charge is 0.267 e. The fraction of sp³-hybridized carbons (Fsp3) is 0.143. The van der Waals surface area contributed by atoms with Crippen LogP contribution in [0, 0.1) is 0 Å². The molecule has 0 bridgehead atoms. The van der Waals surface area contributed by atoms with E-state index in [9.17, 15) is 9.59 Å². The lowest BCUT2D eigenvalue weighted by atomic mass is 10.2. The summed E-state index contributed by atoms with van der Waals surface area (Å²) >= 11 is 5.86. The number of hydrogen-bond acceptors (Lipinski definition) is 2. The number of aromatic amines is 1. The molecule has 0 aliphatic heterocycles. The minimum atomic E-state index is -0.257. The number of halogens is 1. The number of H-pyrrole nitrogens is 1. The van der Waals surface area contributed by atoms with Crippen molar-refractivity contribution < 1.29 is 9.59 Å². The molecule has 0 radical (unpaired) electrons. The average Bonchev–Trinajstić information content (AvgIpc) is 2.86. The Morgan fingerprint density at radius 2 is 2.11 bits per heavy atom. The standard InChI is InChI=1S/C14H13ClN2O2/c1-9(18)11-6-13(16-8-11)14(19)17-7-10-3-2-4-12(15)5-10/h2-6,8,16H,7H2,1H3,(H,17,19). The summed E-state index contributed by atoms with van der Waals surface area (Å²) in [6, 6.07) is 8.80. The summed E-state index contributed by atoms with van der Waals surface area (Å²) in [4.78, 5) is 25.8. The molecule has 5 heteroatoms. The molecular weight excluding hydrogens is 264 g/mol. The maximum atomic E-state index is 11.9. The number of Topliss-reactive ketones (excluding diaryl/α,β-unsaturated/α-hetero) is 1. The molecule has 0 atom stereocenters. The quantitative estimate of drug-likeness (QED) is 0.844. The van der Waals surface area contributed by atoms with Crippen molar-refractivity contribution in [1.29, 1.82) is 0 Å². The van der Waals surface area contributed by atoms with E-state index in [1.54, 1.807) is 12.1 Å². The lowest BCUT2D eigenvalue weighted by Gasteiger charge is -2.04. The van der Waals surface area contributed by atoms with Crippen LogP contribution in [0.2, 0.25) is 5.02 Å². The van der Waals surface area contributed by atoms with Crippen molar-refractivity contribution in [3.63, 3.8) is 0 Å². The molecule has 4 nitrogen and oxygen atoms in total. The van der Waals surface area contributed by atoms with E-state index in [1.807, 2.05) is 12.1 Å². The summed E-state index contributed by atoms with van der Waals surface area (Å²) < 4.78 is 0. The van der Waals surface area contributed by atoms with Crippen LogP contribution in [-0.2, 0) is 6.54 Å². The van der Waals surface area contributed by atoms with Crippen LogP contribution in [-0.4, -0.2) is 16.7 Å². The second kappa shape index (κ2) is 5.71. The largest absolute Gasteiger partial charge is 0.356 e. The van der Waals surface area contributed by atoms with Crippen LogP contribution in [0.4, 0.5) is 0 Å². The van der Waals surface area contributed by atoms with Gasteiger partial charge in [0.2, 0.25) is 0 Å². The van der Waals surface area contributed by atoms with E-state index in [0.717, 1.165) is 5.56 Å². The molecule has 0 saturated heterocycles. The van der Waals surface area contributed by atoms with Gasteiger partial charge in [-0.1, -0.05) is 23.7 Å². The van der Waals surface area contributed by atoms with Crippen molar-refractivity contribution in [1.82, 2.24) is 10.3 Å². The van der Waals surface area contributed by atoms with E-state index in [-0.39, 0.29) is 11.7 Å². The first kappa shape index (κ1) is 13.4. The van der Waals surface area contributed by atoms with Crippen LogP contribution >= 0.6 is 11.6 Å². The average molecular weight is 277 g/mol. The maximum Gasteiger partial charge on any atom is 0.267 e. The Hall–Kier alpha value is -2.07. The van der Waals surface area contributed by atoms with Crippen molar-refractivity contribution in [2.45, 2.75) is 13.5 Å². The van der Waals surface area contributed by atoms with Gasteiger partial charge in [0, 0.05) is 23.3 Å². The molecule has 0 spiro atoms. The van der Waals surface area contributed by atoms with E-state index >= 15 is 0 Å². The molecule has 2 aromatic rings. The number of nitrogens with one attached hydrogen (secondary N) is 2. The van der Waals surface area contributed by atoms with Gasteiger partial charge >= 0.3 is 0 Å². The topological polar surface area (TPSA) is 62.0 Å². The molecule has 0 saturated carbocycles. The summed E-state index contributed by atoms with van der Waals surface area (Å²) in [7, 11) is 0. The molecule has 0 fully saturated rings. The molecule has 2 rings (SSSR count). The summed E-state index contributed by atoms with van der Waals surface area (Å²) in [5.41, 5.74) is 1.78. The molecule has 19 heavy (non-hydrogen) atoms. The third-order valence-electron chi connectivity index (χ3n) is 2.68. The van der Waals surface area contributed by atoms with Gasteiger partial charge in [-0.05, 0) is 30.7 Å². The van der Waals surface area contributed by atoms with E-state index in [2.05, 4.69) is 10.3 Å². The normalized spacial score (nSPS) is 10.2. The molecule has 0 unspecified atom stereocenters. The number of amides is 1. The molecule has 1 aromatic carbocycles. The van der Waals surface area contributed by atoms with Gasteiger partial charge in [-0.25, -0.2) is 0 Å². The Balaban J connectivity index is 1.99. The van der Waals surface area contributed by atoms with Crippen molar-refractivity contribution in [3.05, 3.63) is 58.4 Å². The first-order valence-corrected chi connectivity index (χ1v) is 6.16. The summed E-state index contributed by atoms with van der Waals surface area (Å²) in [5, 5.41) is 3.38. The minimum absolute atomic E-state index is 0.0786. The molecule has 1 amide bonds. The van der Waals surface area contributed by atoms with Crippen LogP contribution in [0.1, 0.15) is 33.3 Å². The van der Waals surface area contributed by atoms with E-state index in [0.29, 0.717) is 22.8 Å². The van der Waals surface area contributed by atoms with Crippen LogP contribution in [0.15, 0.2) is 36.5 Å². The Morgan fingerprint density at radius 3 is 2.74 bits per heavy atom. The number of aromatic nitrogens is 1. The maximum absolute atomic E-state index is 11.9. The van der Waals surface area contributed by atoms with E-state index in [4.69, 9.17) is 11.6 Å². The van der Waals surface area contributed by atoms with Crippen molar-refractivity contribution in [2.75, 3.05) is 0 Å². The SMILES string of the molecule is CC(=O)c1c[nH]c(C(=O)NCc2cccc(Cl)c2)c1. The minimum Gasteiger partial charge on any atom is -0.356 e. The van der Waals surface area contributed by atoms with Crippen molar-refractivity contribution >= 4 is 23.3 Å². The zero-order valence-electron chi connectivity index (χ0n) is 10.4. The second-order valence-electron chi connectivity index (χ2n) is 4.17. The van der Waals surface area contributed by atoms with Gasteiger partial charge in [-0.15, -0.1) is 0 Å². The van der Waals surface area contributed by atoms with Crippen LogP contribution in [0.5, 0.6) is 0 Å². The van der Waals surface area contributed by atoms with Gasteiger partial charge in [0.05, 0.1) is 0 Å². The molecule has 0 aliphatic rings. The zero-order valence-corrected chi connectivity index (χ0v) is 11.1. The third kappa shape index (κ3) is 3.45. The lowest BCUT2D eigenvalue weighted by Crippen LogP contribution is -2.23. The van der Waals surface area contributed by atoms with Gasteiger partial charge in [-0.3, -0.25) is 9.59 Å². The Morgan fingerprint density at radius 1 is 1.32 bits per heavy atom. The Kier molecular flexibility index (Phi) is 4.02. The first-order valence-electron chi connectivity index (χ1n) is 5.78. The third-order valence-corrected chi connectivity index (χ3v) is 2.91. The number of rotatable bonds is 4. The van der Waals surface area contributed by atoms with Crippen LogP contribution in [0.3, 0.4) is 0 Å². The highest BCUT2D eigenvalue weighted by Crippen LogP contribution is 2.10. The number of ketones is 1. The molecule has 98 valence electrons. The molecular formula is C14H13ClN2O2. The van der Waals surface area contributed by atoms with Gasteiger partial charge in [0.15, 0.2) is 5.78 Å². The zero-order chi connectivity index (χ0) is 13.8. The summed E-state index contributed by atoms with van der Waals surface area (Å²) in [5.74, 6) is -0.336. The van der Waals surface area contributed by atoms with Gasteiger partial charge in [-0.2, -0.15) is 0 Å². The lowest BCUT2D eigenvalue weighted by molar-refractivity contribution is 0.0946. The summed E-state index contributed by atoms with van der Waals surface area (Å²) in [6.07, 6.45) is 1.52. The fourth-order valence-electron chi connectivity index (χ4n) is 1.65. The molecule has 1 heterocycles. The van der Waals surface area contributed by atoms with Crippen molar-refractivity contribution in [2.24, 2.45) is 0 Å². The van der Waals surface area contributed by atoms with Gasteiger partial charge in [0.1, 0.15) is 5.69 Å². The van der Waals surface area contributed by atoms with Gasteiger partial charge < -0.3 is 10.3 Å². The molecule has 2 N–H and O–H groups in total. The van der Waals surface area contributed by atoms with Crippen molar-refractivity contribution in [3.8, 4) is 0 Å². The highest BCUT2D eigenvalue weighted by atomic mass is 35.5. The second-order valence-corrected chi connectivity index (χ2v) is 4.61. The number of carbonyl (C=O) groups excluding carboxylic acids is 2. The molecule has 0 aliphatic carbocycles. The predicted molar refractivity (Wildman–Crippen MR) is 73.4 cm³/mol. The van der Waals surface area contributed by atoms with Crippen LogP contribution in [0.25, 0.3) is 0 Å². The number of benzene rings is 1. The number of carbonyl (C=O) groups is 2. The first-order chi connectivity index (χ1) is 9.06. The fourth-order valence-corrected chi connectivity index (χ4v) is 1.87. The molecule has 1 aromatic heterocycles. The van der Waals surface area contributed by atoms with Crippen LogP contribution < -0.4 is 5.32 Å². The van der Waals surface area contributed by atoms with Gasteiger partial charge in [0.25, 0.3) is 5.91 Å². The highest BCUT2D eigenvalue weighted by Gasteiger charge is 2.10. The Bertz CT molecular complexity index is 619.